The molecule has 0 amide bonds. The van der Waals surface area contributed by atoms with Gasteiger partial charge in [0, 0.05) is 50.8 Å². The minimum atomic E-state index is -0.771. The van der Waals surface area contributed by atoms with Crippen molar-refractivity contribution < 1.29 is 42.5 Å². The molecular formula is C30H28O10. The van der Waals surface area contributed by atoms with E-state index in [4.69, 9.17) is 23.4 Å². The van der Waals surface area contributed by atoms with Crippen molar-refractivity contribution in [3.63, 3.8) is 0 Å². The fourth-order valence-electron chi connectivity index (χ4n) is 4.65. The van der Waals surface area contributed by atoms with E-state index in [1.807, 2.05) is 6.07 Å². The maximum absolute atomic E-state index is 13.5. The maximum atomic E-state index is 13.5. The summed E-state index contributed by atoms with van der Waals surface area (Å²) in [4.78, 5) is 62.7. The normalized spacial score (nSPS) is 14.1. The number of rotatable bonds is 7. The average molecular weight is 549 g/mol. The molecule has 0 saturated carbocycles. The second-order valence-electron chi connectivity index (χ2n) is 9.26. The van der Waals surface area contributed by atoms with Gasteiger partial charge in [0.05, 0.1) is 12.0 Å². The first-order chi connectivity index (χ1) is 19.0. The van der Waals surface area contributed by atoms with Gasteiger partial charge in [-0.2, -0.15) is 0 Å². The highest BCUT2D eigenvalue weighted by Gasteiger charge is 2.36. The Bertz CT molecular complexity index is 1570. The highest BCUT2D eigenvalue weighted by atomic mass is 16.6. The average Bonchev–Trinajstić information content (AvgIpc) is 2.88. The molecule has 1 atom stereocenters. The van der Waals surface area contributed by atoms with Crippen molar-refractivity contribution in [2.45, 2.75) is 60.0 Å². The van der Waals surface area contributed by atoms with E-state index in [-0.39, 0.29) is 58.3 Å². The van der Waals surface area contributed by atoms with Gasteiger partial charge >= 0.3 is 23.5 Å². The molecule has 1 aromatic heterocycles. The second kappa shape index (κ2) is 11.6. The SMILES string of the molecule is CCc1oc(=O)c(Cc2c(OC(C)=O)cc(OC(C)=O)c3c2OC(c2ccccc2)CC3=O)c(OC(C)=O)c1C. The molecule has 0 radical (unpaired) electrons. The number of carbonyl (C=O) groups excluding carboxylic acids is 4. The predicted octanol–water partition coefficient (Wildman–Crippen LogP) is 4.58. The van der Waals surface area contributed by atoms with Crippen molar-refractivity contribution in [2.75, 3.05) is 0 Å². The standard InChI is InChI=1S/C30H28O10/c1-6-23-15(2)28(38-18(5)33)21(30(35)40-23)12-20-25(36-16(3)31)14-26(37-17(4)32)27-22(34)13-24(39-29(20)27)19-10-8-7-9-11-19/h7-11,14,24H,6,12-13H2,1-5H3. The number of ketones is 1. The van der Waals surface area contributed by atoms with Crippen LogP contribution in [-0.2, 0) is 27.2 Å². The molecular weight excluding hydrogens is 520 g/mol. The molecule has 4 rings (SSSR count). The minimum Gasteiger partial charge on any atom is -0.484 e. The van der Waals surface area contributed by atoms with Crippen molar-refractivity contribution in [3.05, 3.63) is 80.4 Å². The molecule has 2 aromatic carbocycles. The molecule has 10 nitrogen and oxygen atoms in total. The van der Waals surface area contributed by atoms with Crippen LogP contribution in [-0.4, -0.2) is 23.7 Å². The summed E-state index contributed by atoms with van der Waals surface area (Å²) in [6.07, 6.45) is -0.693. The Labute approximate surface area is 229 Å². The third-order valence-electron chi connectivity index (χ3n) is 6.31. The number of aryl methyl sites for hydroxylation is 1. The zero-order chi connectivity index (χ0) is 29.1. The Kier molecular flexibility index (Phi) is 8.18. The van der Waals surface area contributed by atoms with Crippen molar-refractivity contribution in [3.8, 4) is 23.0 Å². The Morgan fingerprint density at radius 2 is 1.52 bits per heavy atom. The van der Waals surface area contributed by atoms with Crippen LogP contribution in [0.1, 0.15) is 78.6 Å². The molecule has 0 spiro atoms. The summed E-state index contributed by atoms with van der Waals surface area (Å²) in [5.74, 6) is -2.37. The number of ether oxygens (including phenoxy) is 4. The molecule has 1 unspecified atom stereocenters. The number of hydrogen-bond acceptors (Lipinski definition) is 10. The van der Waals surface area contributed by atoms with Crippen molar-refractivity contribution in [2.24, 2.45) is 0 Å². The lowest BCUT2D eigenvalue weighted by Crippen LogP contribution is -2.24. The minimum absolute atomic E-state index is 0.00827. The Balaban J connectivity index is 2.00. The van der Waals surface area contributed by atoms with Gasteiger partial charge in [-0.3, -0.25) is 19.2 Å². The van der Waals surface area contributed by atoms with Crippen LogP contribution in [0.5, 0.6) is 23.0 Å². The number of Topliss-reactive ketones (excluding diaryl/α,β-unsaturated/α-hetero) is 1. The van der Waals surface area contributed by atoms with Crippen molar-refractivity contribution in [1.29, 1.82) is 0 Å². The summed E-state index contributed by atoms with van der Waals surface area (Å²) < 4.78 is 28.0. The largest absolute Gasteiger partial charge is 0.484 e. The molecule has 0 aliphatic carbocycles. The quantitative estimate of drug-likeness (QED) is 0.305. The highest BCUT2D eigenvalue weighted by Crippen LogP contribution is 2.47. The van der Waals surface area contributed by atoms with Crippen molar-refractivity contribution in [1.82, 2.24) is 0 Å². The van der Waals surface area contributed by atoms with Crippen LogP contribution in [0.2, 0.25) is 0 Å². The van der Waals surface area contributed by atoms with E-state index in [9.17, 15) is 24.0 Å². The Morgan fingerprint density at radius 3 is 2.12 bits per heavy atom. The molecule has 208 valence electrons. The van der Waals surface area contributed by atoms with Gasteiger partial charge in [0.15, 0.2) is 5.78 Å². The molecule has 3 aromatic rings. The van der Waals surface area contributed by atoms with Crippen LogP contribution in [0.15, 0.2) is 45.6 Å². The summed E-state index contributed by atoms with van der Waals surface area (Å²) in [7, 11) is 0. The molecule has 0 N–H and O–H groups in total. The molecule has 0 saturated heterocycles. The van der Waals surface area contributed by atoms with Crippen LogP contribution in [0.25, 0.3) is 0 Å². The lowest BCUT2D eigenvalue weighted by Gasteiger charge is -2.29. The van der Waals surface area contributed by atoms with E-state index in [2.05, 4.69) is 0 Å². The Hall–Kier alpha value is -4.73. The second-order valence-corrected chi connectivity index (χ2v) is 9.26. The van der Waals surface area contributed by atoms with E-state index in [0.717, 1.165) is 0 Å². The van der Waals surface area contributed by atoms with Gasteiger partial charge < -0.3 is 23.4 Å². The van der Waals surface area contributed by atoms with Crippen LogP contribution in [0, 0.1) is 6.92 Å². The summed E-state index contributed by atoms with van der Waals surface area (Å²) >= 11 is 0. The van der Waals surface area contributed by atoms with Crippen molar-refractivity contribution >= 4 is 23.7 Å². The van der Waals surface area contributed by atoms with E-state index in [1.165, 1.54) is 26.8 Å². The topological polar surface area (TPSA) is 135 Å². The summed E-state index contributed by atoms with van der Waals surface area (Å²) in [6, 6.07) is 10.3. The molecule has 1 aliphatic rings. The summed E-state index contributed by atoms with van der Waals surface area (Å²) in [5.41, 5.74) is 0.451. The highest BCUT2D eigenvalue weighted by molar-refractivity contribution is 6.04. The zero-order valence-corrected chi connectivity index (χ0v) is 22.7. The number of esters is 3. The summed E-state index contributed by atoms with van der Waals surface area (Å²) in [6.45, 7) is 6.99. The molecule has 0 fully saturated rings. The number of fused-ring (bicyclic) bond motifs is 1. The lowest BCUT2D eigenvalue weighted by molar-refractivity contribution is -0.133. The predicted molar refractivity (Wildman–Crippen MR) is 141 cm³/mol. The number of hydrogen-bond donors (Lipinski definition) is 0. The van der Waals surface area contributed by atoms with Gasteiger partial charge in [0.1, 0.15) is 40.4 Å². The van der Waals surface area contributed by atoms with Gasteiger partial charge in [0.2, 0.25) is 0 Å². The van der Waals surface area contributed by atoms with E-state index in [1.54, 1.807) is 38.1 Å². The third-order valence-corrected chi connectivity index (χ3v) is 6.31. The number of carbonyl (C=O) groups is 4. The van der Waals surface area contributed by atoms with Gasteiger partial charge in [-0.15, -0.1) is 0 Å². The number of benzene rings is 2. The zero-order valence-electron chi connectivity index (χ0n) is 22.7. The van der Waals surface area contributed by atoms with Crippen LogP contribution < -0.4 is 24.6 Å². The molecule has 1 aliphatic heterocycles. The van der Waals surface area contributed by atoms with Crippen LogP contribution >= 0.6 is 0 Å². The van der Waals surface area contributed by atoms with Crippen LogP contribution in [0.3, 0.4) is 0 Å². The monoisotopic (exact) mass is 548 g/mol. The first-order valence-electron chi connectivity index (χ1n) is 12.6. The first-order valence-corrected chi connectivity index (χ1v) is 12.6. The first kappa shape index (κ1) is 28.3. The van der Waals surface area contributed by atoms with E-state index >= 15 is 0 Å². The fourth-order valence-corrected chi connectivity index (χ4v) is 4.65. The fraction of sp³-hybridized carbons (Fsp3) is 0.300. The molecule has 10 heteroatoms. The smallest absolute Gasteiger partial charge is 0.343 e. The lowest BCUT2D eigenvalue weighted by atomic mass is 9.91. The van der Waals surface area contributed by atoms with Gasteiger partial charge in [0.25, 0.3) is 0 Å². The van der Waals surface area contributed by atoms with Gasteiger partial charge in [-0.05, 0) is 12.5 Å². The Morgan fingerprint density at radius 1 is 0.900 bits per heavy atom. The van der Waals surface area contributed by atoms with Gasteiger partial charge in [-0.1, -0.05) is 37.3 Å². The third kappa shape index (κ3) is 5.80. The van der Waals surface area contributed by atoms with Gasteiger partial charge in [-0.25, -0.2) is 4.79 Å². The molecule has 40 heavy (non-hydrogen) atoms. The van der Waals surface area contributed by atoms with E-state index < -0.39 is 29.6 Å². The van der Waals surface area contributed by atoms with Crippen LogP contribution in [0.4, 0.5) is 0 Å². The molecule has 0 bridgehead atoms. The summed E-state index contributed by atoms with van der Waals surface area (Å²) in [5, 5.41) is 0. The van der Waals surface area contributed by atoms with E-state index in [0.29, 0.717) is 23.3 Å². The maximum Gasteiger partial charge on any atom is 0.343 e. The molecule has 2 heterocycles.